The van der Waals surface area contributed by atoms with Gasteiger partial charge in [-0.1, -0.05) is 12.8 Å². The molecule has 1 aliphatic heterocycles. The van der Waals surface area contributed by atoms with Crippen molar-refractivity contribution in [2.75, 3.05) is 13.1 Å². The molecule has 12 heavy (non-hydrogen) atoms. The second kappa shape index (κ2) is 3.99. The van der Waals surface area contributed by atoms with Gasteiger partial charge in [0.05, 0.1) is 0 Å². The largest absolute Gasteiger partial charge is 0.295 e. The Labute approximate surface area is 81.5 Å². The number of hydrogen-bond donors (Lipinski definition) is 1. The van der Waals surface area contributed by atoms with Gasteiger partial charge >= 0.3 is 0 Å². The fourth-order valence-corrected chi connectivity index (χ4v) is 2.16. The van der Waals surface area contributed by atoms with E-state index in [9.17, 15) is 0 Å². The zero-order valence-corrected chi connectivity index (χ0v) is 9.38. The molecule has 3 heteroatoms. The maximum atomic E-state index is 4.43. The molecular formula is C9H20N2S. The first-order valence-electron chi connectivity index (χ1n) is 4.75. The van der Waals surface area contributed by atoms with Gasteiger partial charge in [0, 0.05) is 31.2 Å². The van der Waals surface area contributed by atoms with Gasteiger partial charge in [-0.05, 0) is 27.7 Å². The molecule has 1 aliphatic rings. The van der Waals surface area contributed by atoms with Crippen LogP contribution in [0.15, 0.2) is 0 Å². The Balaban J connectivity index is 2.58. The zero-order valence-electron chi connectivity index (χ0n) is 8.49. The van der Waals surface area contributed by atoms with E-state index < -0.39 is 0 Å². The van der Waals surface area contributed by atoms with E-state index in [1.165, 1.54) is 0 Å². The lowest BCUT2D eigenvalue weighted by atomic mass is 10.1. The van der Waals surface area contributed by atoms with Crippen molar-refractivity contribution in [3.8, 4) is 0 Å². The van der Waals surface area contributed by atoms with Crippen LogP contribution in [-0.4, -0.2) is 40.4 Å². The molecule has 1 saturated heterocycles. The van der Waals surface area contributed by atoms with E-state index in [1.807, 2.05) is 0 Å². The van der Waals surface area contributed by atoms with Crippen molar-refractivity contribution < 1.29 is 0 Å². The third kappa shape index (κ3) is 1.95. The van der Waals surface area contributed by atoms with Crippen molar-refractivity contribution in [1.82, 2.24) is 9.21 Å². The Morgan fingerprint density at radius 2 is 1.75 bits per heavy atom. The highest BCUT2D eigenvalue weighted by Gasteiger charge is 2.29. The Morgan fingerprint density at radius 3 is 2.25 bits per heavy atom. The van der Waals surface area contributed by atoms with E-state index in [1.54, 1.807) is 0 Å². The van der Waals surface area contributed by atoms with Gasteiger partial charge in [0.2, 0.25) is 0 Å². The van der Waals surface area contributed by atoms with Crippen LogP contribution >= 0.6 is 12.8 Å². The number of piperazine rings is 1. The minimum absolute atomic E-state index is 0.560. The van der Waals surface area contributed by atoms with Crippen LogP contribution in [-0.2, 0) is 0 Å². The van der Waals surface area contributed by atoms with Crippen LogP contribution < -0.4 is 0 Å². The summed E-state index contributed by atoms with van der Waals surface area (Å²) in [6.07, 6.45) is 0. The topological polar surface area (TPSA) is 6.48 Å². The standard InChI is InChI=1S/C9H20N2S/c1-7(2)10-5-6-11(12)9(4)8(10)3/h7-9,12H,5-6H2,1-4H3/t8-,9+/m0/s1. The number of rotatable bonds is 1. The van der Waals surface area contributed by atoms with Gasteiger partial charge < -0.3 is 0 Å². The van der Waals surface area contributed by atoms with Gasteiger partial charge in [0.25, 0.3) is 0 Å². The molecule has 0 aliphatic carbocycles. The lowest BCUT2D eigenvalue weighted by Crippen LogP contribution is -2.56. The molecule has 0 saturated carbocycles. The van der Waals surface area contributed by atoms with E-state index in [4.69, 9.17) is 0 Å². The molecule has 0 aromatic carbocycles. The molecule has 1 rings (SSSR count). The third-order valence-electron chi connectivity index (χ3n) is 2.94. The van der Waals surface area contributed by atoms with E-state index in [0.717, 1.165) is 13.1 Å². The average molecular weight is 188 g/mol. The Morgan fingerprint density at radius 1 is 1.17 bits per heavy atom. The van der Waals surface area contributed by atoms with E-state index >= 15 is 0 Å². The van der Waals surface area contributed by atoms with Gasteiger partial charge in [-0.2, -0.15) is 0 Å². The zero-order chi connectivity index (χ0) is 9.30. The van der Waals surface area contributed by atoms with Crippen LogP contribution in [0.25, 0.3) is 0 Å². The van der Waals surface area contributed by atoms with Crippen molar-refractivity contribution in [3.05, 3.63) is 0 Å². The number of thiol groups is 1. The summed E-state index contributed by atoms with van der Waals surface area (Å²) in [5.74, 6) is 0. The van der Waals surface area contributed by atoms with E-state index in [-0.39, 0.29) is 0 Å². The predicted molar refractivity (Wildman–Crippen MR) is 56.5 cm³/mol. The summed E-state index contributed by atoms with van der Waals surface area (Å²) in [6, 6.07) is 1.84. The summed E-state index contributed by atoms with van der Waals surface area (Å²) in [5.41, 5.74) is 0. The summed E-state index contributed by atoms with van der Waals surface area (Å²) in [5, 5.41) is 0. The summed E-state index contributed by atoms with van der Waals surface area (Å²) >= 11 is 4.43. The maximum Gasteiger partial charge on any atom is 0.0325 e. The van der Waals surface area contributed by atoms with E-state index in [2.05, 4.69) is 49.7 Å². The molecule has 1 heterocycles. The van der Waals surface area contributed by atoms with Gasteiger partial charge in [0.15, 0.2) is 0 Å². The minimum atomic E-state index is 0.560. The van der Waals surface area contributed by atoms with Gasteiger partial charge in [-0.15, -0.1) is 0 Å². The van der Waals surface area contributed by atoms with Gasteiger partial charge in [0.1, 0.15) is 0 Å². The Kier molecular flexibility index (Phi) is 3.44. The SMILES string of the molecule is CC(C)N1CCN(S)[C@H](C)[C@@H]1C. The lowest BCUT2D eigenvalue weighted by Gasteiger charge is -2.44. The van der Waals surface area contributed by atoms with Gasteiger partial charge in [-0.25, -0.2) is 4.31 Å². The van der Waals surface area contributed by atoms with Crippen LogP contribution in [0.2, 0.25) is 0 Å². The maximum absolute atomic E-state index is 4.43. The smallest absolute Gasteiger partial charge is 0.0325 e. The second-order valence-electron chi connectivity index (χ2n) is 3.98. The number of hydrogen-bond acceptors (Lipinski definition) is 3. The number of nitrogens with zero attached hydrogens (tertiary/aromatic N) is 2. The van der Waals surface area contributed by atoms with Crippen LogP contribution in [0.3, 0.4) is 0 Å². The summed E-state index contributed by atoms with van der Waals surface area (Å²) in [7, 11) is 0. The monoisotopic (exact) mass is 188 g/mol. The van der Waals surface area contributed by atoms with Gasteiger partial charge in [-0.3, -0.25) is 4.90 Å². The fraction of sp³-hybridized carbons (Fsp3) is 1.00. The first-order chi connectivity index (χ1) is 5.54. The van der Waals surface area contributed by atoms with Crippen molar-refractivity contribution in [2.24, 2.45) is 0 Å². The molecule has 0 radical (unpaired) electrons. The quantitative estimate of drug-likeness (QED) is 0.625. The van der Waals surface area contributed by atoms with Crippen LogP contribution in [0.5, 0.6) is 0 Å². The molecular weight excluding hydrogens is 168 g/mol. The lowest BCUT2D eigenvalue weighted by molar-refractivity contribution is 0.0660. The molecule has 1 fully saturated rings. The Hall–Kier alpha value is 0.270. The molecule has 72 valence electrons. The summed E-state index contributed by atoms with van der Waals surface area (Å²) in [6.45, 7) is 11.3. The third-order valence-corrected chi connectivity index (χ3v) is 3.51. The Bertz CT molecular complexity index is 149. The molecule has 0 N–H and O–H groups in total. The molecule has 0 spiro atoms. The molecule has 0 aromatic rings. The van der Waals surface area contributed by atoms with Crippen LogP contribution in [0, 0.1) is 0 Å². The van der Waals surface area contributed by atoms with Crippen molar-refractivity contribution >= 4 is 12.8 Å². The van der Waals surface area contributed by atoms with Crippen molar-refractivity contribution in [3.63, 3.8) is 0 Å². The average Bonchev–Trinajstić information content (AvgIpc) is 2.00. The minimum Gasteiger partial charge on any atom is -0.295 e. The van der Waals surface area contributed by atoms with Crippen LogP contribution in [0.4, 0.5) is 0 Å². The first-order valence-corrected chi connectivity index (χ1v) is 5.15. The first kappa shape index (κ1) is 10.4. The molecule has 0 unspecified atom stereocenters. The summed E-state index contributed by atoms with van der Waals surface area (Å²) < 4.78 is 2.14. The molecule has 0 bridgehead atoms. The van der Waals surface area contributed by atoms with Crippen molar-refractivity contribution in [1.29, 1.82) is 0 Å². The molecule has 2 nitrogen and oxygen atoms in total. The highest BCUT2D eigenvalue weighted by Crippen LogP contribution is 2.19. The highest BCUT2D eigenvalue weighted by molar-refractivity contribution is 7.77. The van der Waals surface area contributed by atoms with Crippen LogP contribution in [0.1, 0.15) is 27.7 Å². The molecule has 0 amide bonds. The molecule has 2 atom stereocenters. The predicted octanol–water partition coefficient (Wildman–Crippen LogP) is 1.63. The van der Waals surface area contributed by atoms with E-state index in [0.29, 0.717) is 18.1 Å². The molecule has 0 aromatic heterocycles. The fourth-order valence-electron chi connectivity index (χ4n) is 1.88. The second-order valence-corrected chi connectivity index (χ2v) is 4.49. The van der Waals surface area contributed by atoms with Crippen molar-refractivity contribution in [2.45, 2.75) is 45.8 Å². The normalized spacial score (nSPS) is 34.5. The summed E-state index contributed by atoms with van der Waals surface area (Å²) in [4.78, 5) is 2.54. The highest BCUT2D eigenvalue weighted by atomic mass is 32.1.